The molecule has 0 radical (unpaired) electrons. The van der Waals surface area contributed by atoms with Gasteiger partial charge in [0.15, 0.2) is 5.58 Å². The van der Waals surface area contributed by atoms with Crippen molar-refractivity contribution in [2.45, 2.75) is 0 Å². The highest BCUT2D eigenvalue weighted by atomic mass is 16.3. The van der Waals surface area contributed by atoms with Crippen LogP contribution in [0.25, 0.3) is 22.4 Å². The molecule has 0 saturated heterocycles. The molecule has 0 aliphatic heterocycles. The summed E-state index contributed by atoms with van der Waals surface area (Å²) in [6.45, 7) is 0. The topological polar surface area (TPSA) is 52.0 Å². The van der Waals surface area contributed by atoms with Crippen molar-refractivity contribution >= 4 is 16.8 Å². The minimum absolute atomic E-state index is 0.619. The first-order valence-electron chi connectivity index (χ1n) is 5.04. The standard InChI is InChI=1S/C13H10N2O/c14-10-8-12(9-4-2-1-3-5-9)15-11-6-7-16-13(10)11/h1-8H,(H2,14,15). The molecular weight excluding hydrogens is 200 g/mol. The average molecular weight is 210 g/mol. The number of furan rings is 1. The van der Waals surface area contributed by atoms with Gasteiger partial charge in [-0.25, -0.2) is 4.98 Å². The summed E-state index contributed by atoms with van der Waals surface area (Å²) in [5.41, 5.74) is 9.89. The van der Waals surface area contributed by atoms with Gasteiger partial charge in [0.1, 0.15) is 5.52 Å². The van der Waals surface area contributed by atoms with Gasteiger partial charge < -0.3 is 10.2 Å². The summed E-state index contributed by atoms with van der Waals surface area (Å²) in [6.07, 6.45) is 1.60. The maximum absolute atomic E-state index is 5.91. The number of benzene rings is 1. The summed E-state index contributed by atoms with van der Waals surface area (Å²) in [5, 5.41) is 0. The number of pyridine rings is 1. The van der Waals surface area contributed by atoms with Crippen LogP contribution in [0.1, 0.15) is 0 Å². The van der Waals surface area contributed by atoms with Gasteiger partial charge in [-0.15, -0.1) is 0 Å². The van der Waals surface area contributed by atoms with E-state index in [-0.39, 0.29) is 0 Å². The number of anilines is 1. The molecule has 1 aromatic carbocycles. The van der Waals surface area contributed by atoms with Crippen LogP contribution in [-0.2, 0) is 0 Å². The third-order valence-corrected chi connectivity index (χ3v) is 2.51. The zero-order valence-corrected chi connectivity index (χ0v) is 8.55. The van der Waals surface area contributed by atoms with Crippen molar-refractivity contribution in [2.24, 2.45) is 0 Å². The fourth-order valence-electron chi connectivity index (χ4n) is 1.74. The lowest BCUT2D eigenvalue weighted by molar-refractivity contribution is 0.617. The number of nitrogens with zero attached hydrogens (tertiary/aromatic N) is 1. The van der Waals surface area contributed by atoms with Gasteiger partial charge in [-0.1, -0.05) is 30.3 Å². The summed E-state index contributed by atoms with van der Waals surface area (Å²) in [7, 11) is 0. The van der Waals surface area contributed by atoms with Gasteiger partial charge in [-0.2, -0.15) is 0 Å². The van der Waals surface area contributed by atoms with Gasteiger partial charge in [-0.05, 0) is 6.07 Å². The van der Waals surface area contributed by atoms with Gasteiger partial charge in [0, 0.05) is 11.6 Å². The molecule has 0 amide bonds. The third-order valence-electron chi connectivity index (χ3n) is 2.51. The molecular formula is C13H10N2O. The average Bonchev–Trinajstić information content (AvgIpc) is 2.79. The van der Waals surface area contributed by atoms with E-state index in [4.69, 9.17) is 10.2 Å². The van der Waals surface area contributed by atoms with Crippen LogP contribution in [0, 0.1) is 0 Å². The van der Waals surface area contributed by atoms with Crippen LogP contribution in [-0.4, -0.2) is 4.98 Å². The van der Waals surface area contributed by atoms with Crippen molar-refractivity contribution in [3.8, 4) is 11.3 Å². The van der Waals surface area contributed by atoms with Gasteiger partial charge >= 0.3 is 0 Å². The largest absolute Gasteiger partial charge is 0.460 e. The number of hydrogen-bond acceptors (Lipinski definition) is 3. The first kappa shape index (κ1) is 8.97. The maximum Gasteiger partial charge on any atom is 0.175 e. The molecule has 0 saturated carbocycles. The lowest BCUT2D eigenvalue weighted by atomic mass is 10.1. The van der Waals surface area contributed by atoms with E-state index in [1.807, 2.05) is 42.5 Å². The van der Waals surface area contributed by atoms with E-state index in [0.717, 1.165) is 16.8 Å². The van der Waals surface area contributed by atoms with Crippen LogP contribution in [0.5, 0.6) is 0 Å². The number of nitrogens with two attached hydrogens (primary N) is 1. The Labute approximate surface area is 92.5 Å². The molecule has 0 fully saturated rings. The van der Waals surface area contributed by atoms with Gasteiger partial charge in [0.2, 0.25) is 0 Å². The maximum atomic E-state index is 5.91. The fourth-order valence-corrected chi connectivity index (χ4v) is 1.74. The highest BCUT2D eigenvalue weighted by Gasteiger charge is 2.06. The van der Waals surface area contributed by atoms with E-state index in [9.17, 15) is 0 Å². The van der Waals surface area contributed by atoms with E-state index in [2.05, 4.69) is 4.98 Å². The van der Waals surface area contributed by atoms with Crippen molar-refractivity contribution in [3.05, 3.63) is 48.7 Å². The Hall–Kier alpha value is -2.29. The highest BCUT2D eigenvalue weighted by molar-refractivity contribution is 5.87. The SMILES string of the molecule is Nc1cc(-c2ccccc2)nc2ccoc12. The molecule has 2 aromatic heterocycles. The predicted molar refractivity (Wildman–Crippen MR) is 63.9 cm³/mol. The molecule has 2 heterocycles. The predicted octanol–water partition coefficient (Wildman–Crippen LogP) is 3.08. The molecule has 0 atom stereocenters. The van der Waals surface area contributed by atoms with Gasteiger partial charge in [0.25, 0.3) is 0 Å². The van der Waals surface area contributed by atoms with Crippen LogP contribution >= 0.6 is 0 Å². The summed E-state index contributed by atoms with van der Waals surface area (Å²) in [5.74, 6) is 0. The molecule has 3 aromatic rings. The Balaban J connectivity index is 2.25. The minimum atomic E-state index is 0.619. The smallest absolute Gasteiger partial charge is 0.175 e. The summed E-state index contributed by atoms with van der Waals surface area (Å²) >= 11 is 0. The second kappa shape index (κ2) is 3.38. The summed E-state index contributed by atoms with van der Waals surface area (Å²) in [6, 6.07) is 13.6. The lowest BCUT2D eigenvalue weighted by Crippen LogP contribution is -1.90. The molecule has 0 bridgehead atoms. The number of nitrogen functional groups attached to an aromatic ring is 1. The van der Waals surface area contributed by atoms with Crippen molar-refractivity contribution in [3.63, 3.8) is 0 Å². The minimum Gasteiger partial charge on any atom is -0.460 e. The fraction of sp³-hybridized carbons (Fsp3) is 0. The van der Waals surface area contributed by atoms with E-state index >= 15 is 0 Å². The Morgan fingerprint density at radius 1 is 1.06 bits per heavy atom. The Kier molecular flexibility index (Phi) is 1.90. The van der Waals surface area contributed by atoms with E-state index < -0.39 is 0 Å². The van der Waals surface area contributed by atoms with Crippen molar-refractivity contribution in [1.29, 1.82) is 0 Å². The number of fused-ring (bicyclic) bond motifs is 1. The van der Waals surface area contributed by atoms with E-state index in [0.29, 0.717) is 11.3 Å². The van der Waals surface area contributed by atoms with Crippen LogP contribution in [0.3, 0.4) is 0 Å². The van der Waals surface area contributed by atoms with Crippen LogP contribution in [0.2, 0.25) is 0 Å². The second-order valence-corrected chi connectivity index (χ2v) is 3.60. The zero-order valence-electron chi connectivity index (χ0n) is 8.55. The Bertz CT molecular complexity index is 629. The molecule has 0 unspecified atom stereocenters. The molecule has 3 nitrogen and oxygen atoms in total. The van der Waals surface area contributed by atoms with Crippen LogP contribution < -0.4 is 5.73 Å². The normalized spacial score (nSPS) is 10.8. The van der Waals surface area contributed by atoms with E-state index in [1.165, 1.54) is 0 Å². The molecule has 0 aliphatic rings. The Morgan fingerprint density at radius 3 is 2.69 bits per heavy atom. The number of aromatic nitrogens is 1. The zero-order chi connectivity index (χ0) is 11.0. The van der Waals surface area contributed by atoms with Crippen LogP contribution in [0.15, 0.2) is 53.1 Å². The molecule has 16 heavy (non-hydrogen) atoms. The van der Waals surface area contributed by atoms with Gasteiger partial charge in [0.05, 0.1) is 17.6 Å². The number of hydrogen-bond donors (Lipinski definition) is 1. The quantitative estimate of drug-likeness (QED) is 0.671. The first-order valence-corrected chi connectivity index (χ1v) is 5.04. The Morgan fingerprint density at radius 2 is 1.88 bits per heavy atom. The third kappa shape index (κ3) is 1.34. The molecule has 3 rings (SSSR count). The summed E-state index contributed by atoms with van der Waals surface area (Å²) in [4.78, 5) is 4.49. The van der Waals surface area contributed by atoms with Crippen molar-refractivity contribution in [2.75, 3.05) is 5.73 Å². The second-order valence-electron chi connectivity index (χ2n) is 3.60. The lowest BCUT2D eigenvalue weighted by Gasteiger charge is -2.02. The first-order chi connectivity index (χ1) is 7.84. The molecule has 2 N–H and O–H groups in total. The molecule has 0 spiro atoms. The summed E-state index contributed by atoms with van der Waals surface area (Å²) < 4.78 is 5.25. The van der Waals surface area contributed by atoms with Crippen molar-refractivity contribution < 1.29 is 4.42 Å². The highest BCUT2D eigenvalue weighted by Crippen LogP contribution is 2.26. The number of rotatable bonds is 1. The van der Waals surface area contributed by atoms with Crippen molar-refractivity contribution in [1.82, 2.24) is 4.98 Å². The molecule has 0 aliphatic carbocycles. The molecule has 78 valence electrons. The molecule has 3 heteroatoms. The van der Waals surface area contributed by atoms with Crippen LogP contribution in [0.4, 0.5) is 5.69 Å². The van der Waals surface area contributed by atoms with Gasteiger partial charge in [-0.3, -0.25) is 0 Å². The van der Waals surface area contributed by atoms with E-state index in [1.54, 1.807) is 6.26 Å². The monoisotopic (exact) mass is 210 g/mol.